The Hall–Kier alpha value is -1.63. The maximum Gasteiger partial charge on any atom is 0.305 e. The smallest absolute Gasteiger partial charge is 0.305 e. The quantitative estimate of drug-likeness (QED) is 0.637. The van der Waals surface area contributed by atoms with Gasteiger partial charge in [0.15, 0.2) is 0 Å². The molecule has 2 rings (SSSR count). The van der Waals surface area contributed by atoms with E-state index in [9.17, 15) is 14.4 Å². The molecule has 20 heavy (non-hydrogen) atoms. The van der Waals surface area contributed by atoms with Gasteiger partial charge in [0.25, 0.3) is 0 Å². The van der Waals surface area contributed by atoms with E-state index in [0.717, 1.165) is 32.2 Å². The van der Waals surface area contributed by atoms with Crippen LogP contribution in [-0.4, -0.2) is 59.5 Å². The molecule has 2 unspecified atom stereocenters. The average Bonchev–Trinajstić information content (AvgIpc) is 2.69. The van der Waals surface area contributed by atoms with Crippen molar-refractivity contribution >= 4 is 17.8 Å². The number of hydrogen-bond donors (Lipinski definition) is 3. The van der Waals surface area contributed by atoms with E-state index < -0.39 is 12.0 Å². The fourth-order valence-corrected chi connectivity index (χ4v) is 2.79. The highest BCUT2D eigenvalue weighted by Crippen LogP contribution is 2.15. The fourth-order valence-electron chi connectivity index (χ4n) is 2.79. The highest BCUT2D eigenvalue weighted by atomic mass is 16.4. The molecule has 0 bridgehead atoms. The number of piperazine rings is 1. The third-order valence-corrected chi connectivity index (χ3v) is 3.84. The molecular weight excluding hydrogens is 262 g/mol. The highest BCUT2D eigenvalue weighted by molar-refractivity contribution is 5.93. The van der Waals surface area contributed by atoms with Crippen molar-refractivity contribution in [1.82, 2.24) is 15.5 Å². The van der Waals surface area contributed by atoms with Crippen LogP contribution in [0.15, 0.2) is 0 Å². The van der Waals surface area contributed by atoms with E-state index in [1.54, 1.807) is 0 Å². The van der Waals surface area contributed by atoms with Gasteiger partial charge < -0.3 is 20.6 Å². The number of carbonyl (C=O) groups is 3. The Bertz CT molecular complexity index is 391. The molecule has 0 spiro atoms. The highest BCUT2D eigenvalue weighted by Gasteiger charge is 2.37. The number of nitrogens with one attached hydrogen (secondary N) is 2. The summed E-state index contributed by atoms with van der Waals surface area (Å²) in [5.74, 6) is -1.59. The van der Waals surface area contributed by atoms with Gasteiger partial charge >= 0.3 is 5.97 Å². The van der Waals surface area contributed by atoms with Crippen LogP contribution in [0.5, 0.6) is 0 Å². The Kier molecular flexibility index (Phi) is 4.94. The molecule has 7 nitrogen and oxygen atoms in total. The van der Waals surface area contributed by atoms with Gasteiger partial charge in [-0.2, -0.15) is 0 Å². The molecule has 2 aliphatic rings. The Morgan fingerprint density at radius 3 is 2.80 bits per heavy atom. The van der Waals surface area contributed by atoms with Crippen LogP contribution in [0.4, 0.5) is 0 Å². The van der Waals surface area contributed by atoms with Crippen molar-refractivity contribution in [1.29, 1.82) is 0 Å². The number of carboxylic acids is 1. The topological polar surface area (TPSA) is 98.7 Å². The standard InChI is InChI=1S/C13H21N3O4/c17-11(18)8-10-12(19)15-6-7-16(10)13(20)9-4-2-1-3-5-14-9/h9-10,14H,1-8H2,(H,15,19)(H,17,18). The zero-order chi connectivity index (χ0) is 14.5. The predicted molar refractivity (Wildman–Crippen MR) is 71.0 cm³/mol. The van der Waals surface area contributed by atoms with Crippen LogP contribution in [0.3, 0.4) is 0 Å². The molecule has 2 heterocycles. The number of carbonyl (C=O) groups excluding carboxylic acids is 2. The van der Waals surface area contributed by atoms with E-state index in [2.05, 4.69) is 10.6 Å². The van der Waals surface area contributed by atoms with Gasteiger partial charge in [-0.3, -0.25) is 14.4 Å². The summed E-state index contributed by atoms with van der Waals surface area (Å²) in [6, 6.07) is -1.18. The van der Waals surface area contributed by atoms with Crippen molar-refractivity contribution in [2.45, 2.75) is 44.2 Å². The predicted octanol–water partition coefficient (Wildman–Crippen LogP) is -0.680. The fraction of sp³-hybridized carbons (Fsp3) is 0.769. The van der Waals surface area contributed by atoms with Crippen molar-refractivity contribution < 1.29 is 19.5 Å². The Morgan fingerprint density at radius 2 is 2.05 bits per heavy atom. The van der Waals surface area contributed by atoms with Crippen LogP contribution in [0, 0.1) is 0 Å². The molecule has 0 aromatic heterocycles. The van der Waals surface area contributed by atoms with Gasteiger partial charge in [0.05, 0.1) is 12.5 Å². The minimum Gasteiger partial charge on any atom is -0.481 e. The summed E-state index contributed by atoms with van der Waals surface area (Å²) >= 11 is 0. The molecule has 2 atom stereocenters. The third-order valence-electron chi connectivity index (χ3n) is 3.84. The van der Waals surface area contributed by atoms with Crippen molar-refractivity contribution in [3.63, 3.8) is 0 Å². The minimum absolute atomic E-state index is 0.145. The lowest BCUT2D eigenvalue weighted by Gasteiger charge is -2.36. The molecule has 2 fully saturated rings. The number of aliphatic carboxylic acids is 1. The molecule has 0 radical (unpaired) electrons. The maximum atomic E-state index is 12.5. The molecule has 0 aromatic rings. The first-order valence-corrected chi connectivity index (χ1v) is 7.13. The number of carboxylic acid groups (broad SMARTS) is 1. The summed E-state index contributed by atoms with van der Waals surface area (Å²) in [5.41, 5.74) is 0. The second-order valence-electron chi connectivity index (χ2n) is 5.29. The molecule has 2 amide bonds. The van der Waals surface area contributed by atoms with E-state index in [-0.39, 0.29) is 24.3 Å². The Balaban J connectivity index is 2.07. The molecule has 2 saturated heterocycles. The first-order chi connectivity index (χ1) is 9.59. The molecule has 0 aliphatic carbocycles. The second kappa shape index (κ2) is 6.69. The normalized spacial score (nSPS) is 27.6. The van der Waals surface area contributed by atoms with Gasteiger partial charge in [0.2, 0.25) is 11.8 Å². The van der Waals surface area contributed by atoms with E-state index in [1.165, 1.54) is 4.90 Å². The zero-order valence-corrected chi connectivity index (χ0v) is 11.4. The molecule has 3 N–H and O–H groups in total. The van der Waals surface area contributed by atoms with Crippen molar-refractivity contribution in [2.24, 2.45) is 0 Å². The summed E-state index contributed by atoms with van der Waals surface area (Å²) in [6.45, 7) is 1.55. The molecule has 0 aromatic carbocycles. The summed E-state index contributed by atoms with van der Waals surface area (Å²) < 4.78 is 0. The van der Waals surface area contributed by atoms with Crippen LogP contribution in [0.1, 0.15) is 32.1 Å². The molecule has 0 saturated carbocycles. The first-order valence-electron chi connectivity index (χ1n) is 7.13. The van der Waals surface area contributed by atoms with E-state index in [4.69, 9.17) is 5.11 Å². The monoisotopic (exact) mass is 283 g/mol. The molecular formula is C13H21N3O4. The second-order valence-corrected chi connectivity index (χ2v) is 5.29. The van der Waals surface area contributed by atoms with Crippen molar-refractivity contribution in [3.8, 4) is 0 Å². The number of rotatable bonds is 3. The van der Waals surface area contributed by atoms with Gasteiger partial charge in [-0.05, 0) is 19.4 Å². The zero-order valence-electron chi connectivity index (χ0n) is 11.4. The largest absolute Gasteiger partial charge is 0.481 e. The van der Waals surface area contributed by atoms with E-state index >= 15 is 0 Å². The van der Waals surface area contributed by atoms with E-state index in [1.807, 2.05) is 0 Å². The van der Waals surface area contributed by atoms with Gasteiger partial charge in [0.1, 0.15) is 6.04 Å². The lowest BCUT2D eigenvalue weighted by Crippen LogP contribution is -2.61. The summed E-state index contributed by atoms with van der Waals surface area (Å²) in [6.07, 6.45) is 3.52. The van der Waals surface area contributed by atoms with Crippen LogP contribution in [0.25, 0.3) is 0 Å². The third kappa shape index (κ3) is 3.47. The van der Waals surface area contributed by atoms with Gasteiger partial charge in [-0.1, -0.05) is 12.8 Å². The maximum absolute atomic E-state index is 12.5. The summed E-state index contributed by atoms with van der Waals surface area (Å²) in [5, 5.41) is 14.7. The lowest BCUT2D eigenvalue weighted by molar-refractivity contribution is -0.149. The van der Waals surface area contributed by atoms with Crippen molar-refractivity contribution in [3.05, 3.63) is 0 Å². The van der Waals surface area contributed by atoms with Gasteiger partial charge in [-0.25, -0.2) is 0 Å². The Labute approximate surface area is 117 Å². The van der Waals surface area contributed by atoms with Gasteiger partial charge in [-0.15, -0.1) is 0 Å². The molecule has 2 aliphatic heterocycles. The Morgan fingerprint density at radius 1 is 1.25 bits per heavy atom. The lowest BCUT2D eigenvalue weighted by atomic mass is 10.0. The van der Waals surface area contributed by atoms with Crippen LogP contribution >= 0.6 is 0 Å². The van der Waals surface area contributed by atoms with Crippen LogP contribution < -0.4 is 10.6 Å². The van der Waals surface area contributed by atoms with Crippen molar-refractivity contribution in [2.75, 3.05) is 19.6 Å². The van der Waals surface area contributed by atoms with Crippen LogP contribution in [0.2, 0.25) is 0 Å². The SMILES string of the molecule is O=C(O)CC1C(=O)NCCN1C(=O)C1CCCCCN1. The molecule has 112 valence electrons. The number of nitrogens with zero attached hydrogens (tertiary/aromatic N) is 1. The summed E-state index contributed by atoms with van der Waals surface area (Å²) in [7, 11) is 0. The van der Waals surface area contributed by atoms with Crippen LogP contribution in [-0.2, 0) is 14.4 Å². The van der Waals surface area contributed by atoms with E-state index in [0.29, 0.717) is 13.1 Å². The number of amides is 2. The summed E-state index contributed by atoms with van der Waals surface area (Å²) in [4.78, 5) is 36.6. The first kappa shape index (κ1) is 14.8. The number of hydrogen-bond acceptors (Lipinski definition) is 4. The minimum atomic E-state index is -1.07. The average molecular weight is 283 g/mol. The van der Waals surface area contributed by atoms with Gasteiger partial charge in [0, 0.05) is 13.1 Å². The molecule has 7 heteroatoms.